The summed E-state index contributed by atoms with van der Waals surface area (Å²) >= 11 is 1.93. The first-order chi connectivity index (χ1) is 16.7. The van der Waals surface area contributed by atoms with E-state index in [1.54, 1.807) is 0 Å². The van der Waals surface area contributed by atoms with Crippen LogP contribution in [0.25, 0.3) is 0 Å². The van der Waals surface area contributed by atoms with Crippen LogP contribution in [-0.2, 0) is 0 Å². The van der Waals surface area contributed by atoms with E-state index in [-0.39, 0.29) is 0 Å². The van der Waals surface area contributed by atoms with E-state index in [1.165, 1.54) is 110 Å². The van der Waals surface area contributed by atoms with Gasteiger partial charge in [-0.25, -0.2) is 0 Å². The minimum absolute atomic E-state index is 1.12. The Kier molecular flexibility index (Phi) is 11.5. The molecule has 0 saturated carbocycles. The molecule has 0 spiro atoms. The zero-order chi connectivity index (χ0) is 24.2. The van der Waals surface area contributed by atoms with E-state index in [1.807, 2.05) is 11.8 Å². The van der Waals surface area contributed by atoms with E-state index in [0.29, 0.717) is 0 Å². The largest absolute Gasteiger partial charge is 0.372 e. The van der Waals surface area contributed by atoms with Crippen molar-refractivity contribution in [3.8, 4) is 0 Å². The topological polar surface area (TPSA) is 18.5 Å². The Labute approximate surface area is 213 Å². The molecule has 0 atom stereocenters. The zero-order valence-corrected chi connectivity index (χ0v) is 23.0. The van der Waals surface area contributed by atoms with Gasteiger partial charge in [0.2, 0.25) is 0 Å². The Hall–Kier alpha value is -1.81. The highest BCUT2D eigenvalue weighted by Crippen LogP contribution is 2.46. The molecule has 0 aromatic heterocycles. The van der Waals surface area contributed by atoms with Crippen molar-refractivity contribution in [3.63, 3.8) is 0 Å². The maximum absolute atomic E-state index is 3.70. The quantitative estimate of drug-likeness (QED) is 0.205. The van der Waals surface area contributed by atoms with Crippen molar-refractivity contribution in [2.75, 3.05) is 41.3 Å². The molecule has 1 heterocycles. The van der Waals surface area contributed by atoms with Crippen molar-refractivity contribution in [2.45, 2.75) is 102 Å². The van der Waals surface area contributed by atoms with Crippen LogP contribution in [-0.4, -0.2) is 26.2 Å². The summed E-state index contributed by atoms with van der Waals surface area (Å²) in [7, 11) is 0. The highest BCUT2D eigenvalue weighted by molar-refractivity contribution is 7.99. The van der Waals surface area contributed by atoms with Crippen LogP contribution >= 0.6 is 11.8 Å². The summed E-state index contributed by atoms with van der Waals surface area (Å²) < 4.78 is 0. The van der Waals surface area contributed by atoms with Crippen molar-refractivity contribution < 1.29 is 0 Å². The fourth-order valence-corrected chi connectivity index (χ4v) is 5.85. The molecule has 0 unspecified atom stereocenters. The highest BCUT2D eigenvalue weighted by atomic mass is 32.2. The van der Waals surface area contributed by atoms with Gasteiger partial charge in [-0.05, 0) is 62.1 Å². The van der Waals surface area contributed by atoms with Gasteiger partial charge in [0.1, 0.15) is 0 Å². The molecule has 1 N–H and O–H groups in total. The van der Waals surface area contributed by atoms with Gasteiger partial charge in [0, 0.05) is 47.3 Å². The summed E-state index contributed by atoms with van der Waals surface area (Å²) in [6.45, 7) is 13.7. The molecule has 0 radical (unpaired) electrons. The Bertz CT molecular complexity index is 848. The number of nitrogens with zero attached hydrogens (tertiary/aromatic N) is 2. The molecule has 4 heteroatoms. The van der Waals surface area contributed by atoms with Gasteiger partial charge in [-0.15, -0.1) is 0 Å². The fraction of sp³-hybridized carbons (Fsp3) is 0.600. The van der Waals surface area contributed by atoms with Crippen LogP contribution in [0.1, 0.15) is 91.9 Å². The van der Waals surface area contributed by atoms with Gasteiger partial charge in [-0.3, -0.25) is 0 Å². The van der Waals surface area contributed by atoms with Crippen molar-refractivity contribution in [2.24, 2.45) is 0 Å². The van der Waals surface area contributed by atoms with Crippen LogP contribution < -0.4 is 15.1 Å². The van der Waals surface area contributed by atoms with Gasteiger partial charge >= 0.3 is 0 Å². The smallest absolute Gasteiger partial charge is 0.0527 e. The highest BCUT2D eigenvalue weighted by Gasteiger charge is 2.19. The monoisotopic (exact) mass is 481 g/mol. The Morgan fingerprint density at radius 2 is 1.03 bits per heavy atom. The first-order valence-electron chi connectivity index (χ1n) is 13.9. The molecule has 1 aliphatic heterocycles. The van der Waals surface area contributed by atoms with Crippen LogP contribution in [0.5, 0.6) is 0 Å². The molecule has 2 aromatic carbocycles. The average Bonchev–Trinajstić information content (AvgIpc) is 2.85. The number of hydrogen-bond acceptors (Lipinski definition) is 4. The second-order valence-electron chi connectivity index (χ2n) is 9.68. The molecule has 0 fully saturated rings. The summed E-state index contributed by atoms with van der Waals surface area (Å²) in [4.78, 5) is 7.87. The molecule has 0 bridgehead atoms. The normalized spacial score (nSPS) is 12.1. The molecule has 1 aliphatic rings. The van der Waals surface area contributed by atoms with Gasteiger partial charge in [0.15, 0.2) is 0 Å². The number of rotatable bonds is 16. The number of benzene rings is 2. The molecule has 188 valence electrons. The molecular weight excluding hydrogens is 434 g/mol. The van der Waals surface area contributed by atoms with Gasteiger partial charge in [0.25, 0.3) is 0 Å². The Morgan fingerprint density at radius 3 is 1.47 bits per heavy atom. The standard InChI is InChI=1S/C30H47N3S/c1-5-9-11-13-21-33(22-14-12-10-6-2)26-16-18-28-30(24-26)34-29-23-25(15-17-27(29)31-28)32(19-7-3)20-8-4/h15-18,23-24,31H,5-14,19-22H2,1-4H3. The summed E-state index contributed by atoms with van der Waals surface area (Å²) in [5.41, 5.74) is 5.21. The minimum Gasteiger partial charge on any atom is -0.372 e. The predicted molar refractivity (Wildman–Crippen MR) is 154 cm³/mol. The molecule has 3 rings (SSSR count). The summed E-state index contributed by atoms with van der Waals surface area (Å²) in [5, 5.41) is 3.70. The number of nitrogens with one attached hydrogen (secondary N) is 1. The number of fused-ring (bicyclic) bond motifs is 2. The third kappa shape index (κ3) is 7.60. The van der Waals surface area contributed by atoms with Gasteiger partial charge in [0.05, 0.1) is 11.4 Å². The van der Waals surface area contributed by atoms with Crippen molar-refractivity contribution in [1.82, 2.24) is 0 Å². The van der Waals surface area contributed by atoms with E-state index in [4.69, 9.17) is 0 Å². The SMILES string of the molecule is CCCCCCN(CCCCCC)c1ccc2c(c1)Sc1cc(N(CCC)CCC)ccc1N2. The van der Waals surface area contributed by atoms with Crippen LogP contribution in [0.2, 0.25) is 0 Å². The first-order valence-corrected chi connectivity index (χ1v) is 14.7. The number of anilines is 4. The molecule has 0 saturated heterocycles. The summed E-state index contributed by atoms with van der Waals surface area (Å²) in [6, 6.07) is 14.0. The molecule has 34 heavy (non-hydrogen) atoms. The predicted octanol–water partition coefficient (Wildman–Crippen LogP) is 9.49. The van der Waals surface area contributed by atoms with E-state index in [9.17, 15) is 0 Å². The van der Waals surface area contributed by atoms with Gasteiger partial charge in [-0.2, -0.15) is 0 Å². The third-order valence-corrected chi connectivity index (χ3v) is 7.82. The van der Waals surface area contributed by atoms with E-state index in [2.05, 4.69) is 79.2 Å². The molecular formula is C30H47N3S. The average molecular weight is 482 g/mol. The van der Waals surface area contributed by atoms with Crippen LogP contribution in [0.4, 0.5) is 22.7 Å². The minimum atomic E-state index is 1.12. The van der Waals surface area contributed by atoms with Crippen LogP contribution in [0, 0.1) is 0 Å². The lowest BCUT2D eigenvalue weighted by Gasteiger charge is -2.29. The van der Waals surface area contributed by atoms with Crippen molar-refractivity contribution in [1.29, 1.82) is 0 Å². The lowest BCUT2D eigenvalue weighted by Crippen LogP contribution is -2.26. The lowest BCUT2D eigenvalue weighted by atomic mass is 10.1. The summed E-state index contributed by atoms with van der Waals surface area (Å²) in [6.07, 6.45) is 12.9. The molecule has 3 nitrogen and oxygen atoms in total. The maximum Gasteiger partial charge on any atom is 0.0527 e. The number of hydrogen-bond donors (Lipinski definition) is 1. The second kappa shape index (κ2) is 14.6. The van der Waals surface area contributed by atoms with E-state index < -0.39 is 0 Å². The molecule has 2 aromatic rings. The molecule has 0 amide bonds. The second-order valence-corrected chi connectivity index (χ2v) is 10.8. The zero-order valence-electron chi connectivity index (χ0n) is 22.2. The molecule has 0 aliphatic carbocycles. The third-order valence-electron chi connectivity index (χ3n) is 6.70. The Morgan fingerprint density at radius 1 is 0.559 bits per heavy atom. The number of unbranched alkanes of at least 4 members (excludes halogenated alkanes) is 6. The Balaban J connectivity index is 1.76. The van der Waals surface area contributed by atoms with E-state index in [0.717, 1.165) is 13.1 Å². The van der Waals surface area contributed by atoms with Crippen molar-refractivity contribution in [3.05, 3.63) is 36.4 Å². The van der Waals surface area contributed by atoms with Gasteiger partial charge < -0.3 is 15.1 Å². The maximum atomic E-state index is 3.70. The fourth-order valence-electron chi connectivity index (χ4n) is 4.79. The summed E-state index contributed by atoms with van der Waals surface area (Å²) in [5.74, 6) is 0. The van der Waals surface area contributed by atoms with Crippen molar-refractivity contribution >= 4 is 34.5 Å². The van der Waals surface area contributed by atoms with E-state index >= 15 is 0 Å². The lowest BCUT2D eigenvalue weighted by molar-refractivity contribution is 0.608. The van der Waals surface area contributed by atoms with Gasteiger partial charge in [-0.1, -0.05) is 78.0 Å². The van der Waals surface area contributed by atoms with Crippen LogP contribution in [0.3, 0.4) is 0 Å². The first kappa shape index (κ1) is 26.8. The van der Waals surface area contributed by atoms with Crippen LogP contribution in [0.15, 0.2) is 46.2 Å².